The van der Waals surface area contributed by atoms with Gasteiger partial charge in [-0.1, -0.05) is 36.4 Å². The largest absolute Gasteiger partial charge is 0.472 e. The maximum Gasteiger partial charge on any atom is 0.248 e. The molecule has 3 heterocycles. The van der Waals surface area contributed by atoms with Crippen LogP contribution in [0.1, 0.15) is 74.3 Å². The summed E-state index contributed by atoms with van der Waals surface area (Å²) in [6.07, 6.45) is 1.77. The van der Waals surface area contributed by atoms with Crippen molar-refractivity contribution in [2.24, 2.45) is 5.73 Å². The lowest BCUT2D eigenvalue weighted by Crippen LogP contribution is -2.53. The normalized spacial score (nSPS) is 17.1. The van der Waals surface area contributed by atoms with Crippen molar-refractivity contribution in [1.29, 1.82) is 0 Å². The van der Waals surface area contributed by atoms with Crippen LogP contribution in [0.2, 0.25) is 0 Å². The molecule has 13 heteroatoms. The first kappa shape index (κ1) is 33.0. The summed E-state index contributed by atoms with van der Waals surface area (Å²) in [5, 5.41) is 11.5. The van der Waals surface area contributed by atoms with Crippen LogP contribution >= 0.6 is 0 Å². The highest BCUT2D eigenvalue weighted by Crippen LogP contribution is 2.36. The van der Waals surface area contributed by atoms with E-state index in [2.05, 4.69) is 20.6 Å². The molecule has 2 aromatic heterocycles. The lowest BCUT2D eigenvalue weighted by atomic mass is 9.84. The number of carbonyl (C=O) groups excluding carboxylic acids is 2. The molecule has 0 saturated carbocycles. The molecule has 12 nitrogen and oxygen atoms in total. The van der Waals surface area contributed by atoms with Gasteiger partial charge in [-0.25, -0.2) is 18.1 Å². The standard InChI is InChI=1S/C33H41N7O5S/c1-7-24-19-39(46(43,44)28-10-9-15-35-31(28)45-24)18-23-16-22(12-11-20(23)3)26(17-29(41)36-33(5,6)32(34)42)25-13-14-27-30(21(25)4)37-38-40(27)8-2/h9-16,24,26H,7-8,17-19H2,1-6H3,(H2,34,42)(H,36,41)/t24-,26+/m1/s1. The Balaban J connectivity index is 1.57. The van der Waals surface area contributed by atoms with Gasteiger partial charge in [0.25, 0.3) is 0 Å². The van der Waals surface area contributed by atoms with E-state index in [9.17, 15) is 18.0 Å². The third kappa shape index (κ3) is 6.34. The summed E-state index contributed by atoms with van der Waals surface area (Å²) in [5.41, 5.74) is 10.2. The van der Waals surface area contributed by atoms with Crippen LogP contribution in [-0.2, 0) is 32.7 Å². The van der Waals surface area contributed by atoms with Gasteiger partial charge in [0.05, 0.1) is 12.1 Å². The lowest BCUT2D eigenvalue weighted by Gasteiger charge is -2.26. The zero-order valence-corrected chi connectivity index (χ0v) is 27.9. The van der Waals surface area contributed by atoms with Gasteiger partial charge in [-0.15, -0.1) is 5.10 Å². The molecular formula is C33H41N7O5S. The zero-order valence-electron chi connectivity index (χ0n) is 27.1. The number of fused-ring (bicyclic) bond motifs is 2. The summed E-state index contributed by atoms with van der Waals surface area (Å²) in [7, 11) is -3.92. The molecule has 0 unspecified atom stereocenters. The van der Waals surface area contributed by atoms with Crippen LogP contribution in [0.3, 0.4) is 0 Å². The Morgan fingerprint density at radius 2 is 1.91 bits per heavy atom. The Labute approximate surface area is 269 Å². The van der Waals surface area contributed by atoms with Gasteiger partial charge >= 0.3 is 0 Å². The predicted molar refractivity (Wildman–Crippen MR) is 174 cm³/mol. The van der Waals surface area contributed by atoms with E-state index in [1.807, 2.05) is 62.7 Å². The van der Waals surface area contributed by atoms with E-state index < -0.39 is 27.4 Å². The van der Waals surface area contributed by atoms with Crippen LogP contribution in [0, 0.1) is 13.8 Å². The smallest absolute Gasteiger partial charge is 0.248 e. The van der Waals surface area contributed by atoms with Crippen molar-refractivity contribution in [3.8, 4) is 5.88 Å². The van der Waals surface area contributed by atoms with Crippen LogP contribution in [0.5, 0.6) is 5.88 Å². The van der Waals surface area contributed by atoms with Crippen LogP contribution in [-0.4, -0.2) is 62.7 Å². The monoisotopic (exact) mass is 647 g/mol. The van der Waals surface area contributed by atoms with Crippen molar-refractivity contribution in [3.05, 3.63) is 76.5 Å². The Morgan fingerprint density at radius 3 is 2.61 bits per heavy atom. The summed E-state index contributed by atoms with van der Waals surface area (Å²) < 4.78 is 37.0. The van der Waals surface area contributed by atoms with Gasteiger partial charge in [0, 0.05) is 31.6 Å². The second kappa shape index (κ2) is 12.8. The third-order valence-corrected chi connectivity index (χ3v) is 10.6. The molecule has 0 fully saturated rings. The Hall–Kier alpha value is -4.36. The van der Waals surface area contributed by atoms with Gasteiger partial charge < -0.3 is 15.8 Å². The van der Waals surface area contributed by atoms with Crippen molar-refractivity contribution in [2.45, 2.75) is 89.9 Å². The lowest BCUT2D eigenvalue weighted by molar-refractivity contribution is -0.130. The van der Waals surface area contributed by atoms with E-state index in [1.165, 1.54) is 16.6 Å². The van der Waals surface area contributed by atoms with Crippen molar-refractivity contribution in [2.75, 3.05) is 6.54 Å². The van der Waals surface area contributed by atoms with Gasteiger partial charge in [-0.3, -0.25) is 9.59 Å². The molecule has 46 heavy (non-hydrogen) atoms. The van der Waals surface area contributed by atoms with Crippen LogP contribution in [0.15, 0.2) is 53.6 Å². The molecule has 0 bridgehead atoms. The SMILES string of the molecule is CC[C@@H]1CN(Cc2cc([C@H](CC(=O)NC(C)(C)C(N)=O)c3ccc4c(nnn4CC)c3C)ccc2C)S(=O)(=O)c2cccnc2O1. The molecule has 4 aromatic rings. The van der Waals surface area contributed by atoms with Crippen molar-refractivity contribution in [3.63, 3.8) is 0 Å². The molecule has 2 amide bonds. The molecule has 2 atom stereocenters. The van der Waals surface area contributed by atoms with E-state index >= 15 is 0 Å². The summed E-state index contributed by atoms with van der Waals surface area (Å²) in [6, 6.07) is 12.9. The maximum absolute atomic E-state index is 13.9. The molecule has 2 aromatic carbocycles. The minimum Gasteiger partial charge on any atom is -0.472 e. The van der Waals surface area contributed by atoms with Crippen LogP contribution in [0.25, 0.3) is 11.0 Å². The van der Waals surface area contributed by atoms with E-state index in [-0.39, 0.29) is 42.3 Å². The van der Waals surface area contributed by atoms with Crippen LogP contribution < -0.4 is 15.8 Å². The van der Waals surface area contributed by atoms with E-state index in [4.69, 9.17) is 10.5 Å². The number of hydrogen-bond donors (Lipinski definition) is 2. The third-order valence-electron chi connectivity index (χ3n) is 8.73. The Morgan fingerprint density at radius 1 is 1.15 bits per heavy atom. The Kier molecular flexibility index (Phi) is 9.19. The number of hydrogen-bond acceptors (Lipinski definition) is 8. The van der Waals surface area contributed by atoms with E-state index in [0.717, 1.165) is 38.9 Å². The second-order valence-corrected chi connectivity index (χ2v) is 14.2. The number of nitrogens with one attached hydrogen (secondary N) is 1. The number of benzene rings is 2. The van der Waals surface area contributed by atoms with Crippen LogP contribution in [0.4, 0.5) is 0 Å². The average molecular weight is 648 g/mol. The minimum atomic E-state index is -3.92. The number of rotatable bonds is 10. The first-order valence-corrected chi connectivity index (χ1v) is 16.9. The second-order valence-electron chi connectivity index (χ2n) is 12.3. The Bertz CT molecular complexity index is 1900. The molecule has 0 spiro atoms. The summed E-state index contributed by atoms with van der Waals surface area (Å²) in [5.74, 6) is -1.34. The number of amides is 2. The zero-order chi connectivity index (χ0) is 33.4. The molecule has 1 aliphatic heterocycles. The highest BCUT2D eigenvalue weighted by molar-refractivity contribution is 7.89. The molecule has 0 aliphatic carbocycles. The number of ether oxygens (including phenoxy) is 1. The maximum atomic E-state index is 13.9. The number of sulfonamides is 1. The van der Waals surface area contributed by atoms with Crippen molar-refractivity contribution >= 4 is 32.9 Å². The van der Waals surface area contributed by atoms with Crippen molar-refractivity contribution < 1.29 is 22.7 Å². The number of aryl methyl sites for hydroxylation is 3. The van der Waals surface area contributed by atoms with Crippen molar-refractivity contribution in [1.82, 2.24) is 29.6 Å². The molecule has 3 N–H and O–H groups in total. The number of nitrogens with zero attached hydrogens (tertiary/aromatic N) is 5. The molecule has 0 radical (unpaired) electrons. The molecule has 244 valence electrons. The first-order chi connectivity index (χ1) is 21.8. The van der Waals surface area contributed by atoms with E-state index in [0.29, 0.717) is 13.0 Å². The number of aromatic nitrogens is 4. The fraction of sp³-hybridized carbons (Fsp3) is 0.424. The first-order valence-electron chi connectivity index (χ1n) is 15.4. The average Bonchev–Trinajstić information content (AvgIpc) is 3.40. The summed E-state index contributed by atoms with van der Waals surface area (Å²) in [4.78, 5) is 29.7. The fourth-order valence-corrected chi connectivity index (χ4v) is 7.32. The predicted octanol–water partition coefficient (Wildman–Crippen LogP) is 3.73. The minimum absolute atomic E-state index is 0.0142. The van der Waals surface area contributed by atoms with Gasteiger partial charge in [-0.05, 0) is 87.1 Å². The van der Waals surface area contributed by atoms with Gasteiger partial charge in [0.15, 0.2) is 0 Å². The number of primary amides is 1. The summed E-state index contributed by atoms with van der Waals surface area (Å²) in [6.45, 7) is 11.9. The quantitative estimate of drug-likeness (QED) is 0.263. The topological polar surface area (TPSA) is 162 Å². The fourth-order valence-electron chi connectivity index (χ4n) is 5.80. The summed E-state index contributed by atoms with van der Waals surface area (Å²) >= 11 is 0. The van der Waals surface area contributed by atoms with E-state index in [1.54, 1.807) is 19.9 Å². The van der Waals surface area contributed by atoms with Gasteiger partial charge in [0.2, 0.25) is 27.7 Å². The highest BCUT2D eigenvalue weighted by atomic mass is 32.2. The molecule has 5 rings (SSSR count). The number of nitrogens with two attached hydrogens (primary N) is 1. The molecular weight excluding hydrogens is 606 g/mol. The number of pyridine rings is 1. The molecule has 0 saturated heterocycles. The highest BCUT2D eigenvalue weighted by Gasteiger charge is 2.36. The number of carbonyl (C=O) groups is 2. The van der Waals surface area contributed by atoms with Gasteiger partial charge in [0.1, 0.15) is 22.1 Å². The van der Waals surface area contributed by atoms with Gasteiger partial charge in [-0.2, -0.15) is 4.31 Å². The molecule has 1 aliphatic rings.